The van der Waals surface area contributed by atoms with Crippen LogP contribution < -0.4 is 5.32 Å². The third-order valence-electron chi connectivity index (χ3n) is 5.55. The summed E-state index contributed by atoms with van der Waals surface area (Å²) in [5, 5.41) is 4.03. The molecule has 146 valence electrons. The molecule has 2 heterocycles. The van der Waals surface area contributed by atoms with Gasteiger partial charge in [0.25, 0.3) is 5.91 Å². The molecule has 0 bridgehead atoms. The maximum atomic E-state index is 13.4. The van der Waals surface area contributed by atoms with E-state index in [1.54, 1.807) is 31.0 Å². The molecule has 4 rings (SSSR count). The molecule has 0 aliphatic heterocycles. The number of nitrogens with one attached hydrogen (secondary N) is 1. The Hall–Kier alpha value is -2.96. The van der Waals surface area contributed by atoms with E-state index in [1.807, 2.05) is 6.92 Å². The highest BCUT2D eigenvalue weighted by atomic mass is 19.1. The summed E-state index contributed by atoms with van der Waals surface area (Å²) in [6.45, 7) is 5.79. The van der Waals surface area contributed by atoms with E-state index in [2.05, 4.69) is 22.2 Å². The van der Waals surface area contributed by atoms with Crippen LogP contribution in [0.1, 0.15) is 54.4 Å². The first kappa shape index (κ1) is 18.4. The lowest BCUT2D eigenvalue weighted by Crippen LogP contribution is -2.30. The van der Waals surface area contributed by atoms with E-state index in [9.17, 15) is 9.18 Å². The molecular formula is C21H23FN4O2. The second kappa shape index (κ2) is 6.58. The van der Waals surface area contributed by atoms with E-state index < -0.39 is 0 Å². The van der Waals surface area contributed by atoms with E-state index in [4.69, 9.17) is 4.42 Å². The number of fused-ring (bicyclic) bond motifs is 1. The lowest BCUT2D eigenvalue weighted by Gasteiger charge is -2.25. The van der Waals surface area contributed by atoms with Gasteiger partial charge in [0.2, 0.25) is 5.71 Å². The predicted octanol–water partition coefficient (Wildman–Crippen LogP) is 4.47. The van der Waals surface area contributed by atoms with Gasteiger partial charge in [-0.25, -0.2) is 14.4 Å². The fraction of sp³-hybridized carbons (Fsp3) is 0.381. The summed E-state index contributed by atoms with van der Waals surface area (Å²) < 4.78 is 19.0. The molecule has 0 radical (unpaired) electrons. The molecule has 1 unspecified atom stereocenters. The van der Waals surface area contributed by atoms with Gasteiger partial charge in [-0.15, -0.1) is 0 Å². The molecule has 1 aliphatic rings. The lowest BCUT2D eigenvalue weighted by atomic mass is 10.1. The zero-order valence-corrected chi connectivity index (χ0v) is 16.4. The second-order valence-electron chi connectivity index (χ2n) is 7.76. The number of amides is 1. The minimum absolute atomic E-state index is 0.0000801. The molecule has 1 aromatic carbocycles. The number of aromatic nitrogens is 2. The van der Waals surface area contributed by atoms with E-state index in [0.717, 1.165) is 18.4 Å². The van der Waals surface area contributed by atoms with Gasteiger partial charge in [0, 0.05) is 12.6 Å². The van der Waals surface area contributed by atoms with Crippen LogP contribution in [-0.2, 0) is 0 Å². The molecule has 1 N–H and O–H groups in total. The van der Waals surface area contributed by atoms with Crippen molar-refractivity contribution >= 4 is 22.8 Å². The fourth-order valence-corrected chi connectivity index (χ4v) is 3.31. The van der Waals surface area contributed by atoms with Crippen LogP contribution in [0.3, 0.4) is 0 Å². The molecular weight excluding hydrogens is 359 g/mol. The Balaban J connectivity index is 1.72. The van der Waals surface area contributed by atoms with Crippen molar-refractivity contribution in [2.75, 3.05) is 12.4 Å². The van der Waals surface area contributed by atoms with Crippen LogP contribution in [-0.4, -0.2) is 33.4 Å². The molecule has 6 nitrogen and oxygen atoms in total. The summed E-state index contributed by atoms with van der Waals surface area (Å²) in [4.78, 5) is 23.6. The van der Waals surface area contributed by atoms with Crippen molar-refractivity contribution in [1.29, 1.82) is 0 Å². The number of anilines is 1. The highest BCUT2D eigenvalue weighted by Gasteiger charge is 2.39. The minimum Gasteiger partial charge on any atom is -0.442 e. The van der Waals surface area contributed by atoms with Crippen LogP contribution in [0.4, 0.5) is 10.2 Å². The quantitative estimate of drug-likeness (QED) is 0.705. The number of carbonyl (C=O) groups excluding carboxylic acids is 1. The number of hydrogen-bond donors (Lipinski definition) is 1. The van der Waals surface area contributed by atoms with Crippen LogP contribution in [0.2, 0.25) is 0 Å². The number of benzene rings is 1. The monoisotopic (exact) mass is 382 g/mol. The van der Waals surface area contributed by atoms with Crippen molar-refractivity contribution in [2.45, 2.75) is 45.2 Å². The smallest absolute Gasteiger partial charge is 0.258 e. The van der Waals surface area contributed by atoms with Gasteiger partial charge in [-0.1, -0.05) is 12.1 Å². The summed E-state index contributed by atoms with van der Waals surface area (Å²) in [6, 6.07) is 5.94. The van der Waals surface area contributed by atoms with Crippen LogP contribution in [0.15, 0.2) is 35.0 Å². The molecule has 1 amide bonds. The van der Waals surface area contributed by atoms with Gasteiger partial charge in [0.15, 0.2) is 0 Å². The van der Waals surface area contributed by atoms with E-state index in [1.165, 1.54) is 18.5 Å². The van der Waals surface area contributed by atoms with E-state index in [0.29, 0.717) is 28.2 Å². The average molecular weight is 382 g/mol. The van der Waals surface area contributed by atoms with E-state index >= 15 is 0 Å². The Bertz CT molecular complexity index is 1040. The summed E-state index contributed by atoms with van der Waals surface area (Å²) in [5.74, 6) is 0.630. The number of halogens is 1. The molecule has 1 atom stereocenters. The Morgan fingerprint density at radius 1 is 1.29 bits per heavy atom. The molecule has 2 aromatic heterocycles. The number of hydrogen-bond acceptors (Lipinski definition) is 5. The number of rotatable bonds is 5. The molecule has 0 spiro atoms. The number of furan rings is 1. The SMILES string of the molecule is Cc1oc2ncnc(NC3(C)CC3)c2c1C(=O)N(C)C(C)c1ccc(F)cc1. The topological polar surface area (TPSA) is 71.3 Å². The highest BCUT2D eigenvalue weighted by molar-refractivity contribution is 6.10. The third kappa shape index (κ3) is 3.21. The van der Waals surface area contributed by atoms with Gasteiger partial charge in [0.05, 0.1) is 17.0 Å². The van der Waals surface area contributed by atoms with Gasteiger partial charge in [0.1, 0.15) is 23.7 Å². The molecule has 1 aliphatic carbocycles. The first-order valence-electron chi connectivity index (χ1n) is 9.34. The predicted molar refractivity (Wildman–Crippen MR) is 105 cm³/mol. The van der Waals surface area contributed by atoms with Gasteiger partial charge >= 0.3 is 0 Å². The van der Waals surface area contributed by atoms with Crippen LogP contribution in [0.25, 0.3) is 11.1 Å². The summed E-state index contributed by atoms with van der Waals surface area (Å²) in [6.07, 6.45) is 3.55. The third-order valence-corrected chi connectivity index (χ3v) is 5.55. The Labute approximate surface area is 162 Å². The molecule has 1 saturated carbocycles. The van der Waals surface area contributed by atoms with Gasteiger partial charge in [-0.3, -0.25) is 4.79 Å². The van der Waals surface area contributed by atoms with Gasteiger partial charge < -0.3 is 14.6 Å². The Kier molecular flexibility index (Phi) is 4.33. The summed E-state index contributed by atoms with van der Waals surface area (Å²) >= 11 is 0. The highest BCUT2D eigenvalue weighted by Crippen LogP contribution is 2.40. The first-order chi connectivity index (χ1) is 13.3. The van der Waals surface area contributed by atoms with Crippen molar-refractivity contribution in [2.24, 2.45) is 0 Å². The lowest BCUT2D eigenvalue weighted by molar-refractivity contribution is 0.0742. The van der Waals surface area contributed by atoms with E-state index in [-0.39, 0.29) is 23.3 Å². The summed E-state index contributed by atoms with van der Waals surface area (Å²) in [5.41, 5.74) is 1.70. The zero-order valence-electron chi connectivity index (χ0n) is 16.4. The summed E-state index contributed by atoms with van der Waals surface area (Å²) in [7, 11) is 1.73. The number of nitrogens with zero attached hydrogens (tertiary/aromatic N) is 3. The van der Waals surface area contributed by atoms with Crippen LogP contribution >= 0.6 is 0 Å². The minimum atomic E-state index is -0.303. The molecule has 7 heteroatoms. The van der Waals surface area contributed by atoms with Crippen molar-refractivity contribution < 1.29 is 13.6 Å². The standard InChI is InChI=1S/C21H23FN4O2/c1-12(14-5-7-15(22)8-6-14)26(4)20(27)16-13(2)28-19-17(16)18(23-11-24-19)25-21(3)9-10-21/h5-8,11-12H,9-10H2,1-4H3,(H,23,24,25). The maximum absolute atomic E-state index is 13.4. The largest absolute Gasteiger partial charge is 0.442 e. The van der Waals surface area contributed by atoms with Gasteiger partial charge in [-0.05, 0) is 51.3 Å². The molecule has 28 heavy (non-hydrogen) atoms. The maximum Gasteiger partial charge on any atom is 0.258 e. The first-order valence-corrected chi connectivity index (χ1v) is 9.34. The normalized spacial score (nSPS) is 16.0. The van der Waals surface area contributed by atoms with Crippen molar-refractivity contribution in [3.63, 3.8) is 0 Å². The van der Waals surface area contributed by atoms with Crippen molar-refractivity contribution in [3.8, 4) is 0 Å². The zero-order chi connectivity index (χ0) is 20.1. The second-order valence-corrected chi connectivity index (χ2v) is 7.76. The van der Waals surface area contributed by atoms with Crippen LogP contribution in [0, 0.1) is 12.7 Å². The fourth-order valence-electron chi connectivity index (χ4n) is 3.31. The Morgan fingerprint density at radius 2 is 1.96 bits per heavy atom. The number of carbonyl (C=O) groups is 1. The van der Waals surface area contributed by atoms with Crippen molar-refractivity contribution in [1.82, 2.24) is 14.9 Å². The molecule has 3 aromatic rings. The average Bonchev–Trinajstić information content (AvgIpc) is 3.29. The molecule has 0 saturated heterocycles. The number of aryl methyl sites for hydroxylation is 1. The van der Waals surface area contributed by atoms with Gasteiger partial charge in [-0.2, -0.15) is 0 Å². The van der Waals surface area contributed by atoms with Crippen molar-refractivity contribution in [3.05, 3.63) is 53.3 Å². The Morgan fingerprint density at radius 3 is 2.61 bits per heavy atom. The molecule has 1 fully saturated rings. The van der Waals surface area contributed by atoms with Crippen LogP contribution in [0.5, 0.6) is 0 Å².